The molecular weight excluding hydrogens is 396 g/mol. The molecule has 0 N–H and O–H groups in total. The minimum absolute atomic E-state index is 0.115. The van der Waals surface area contributed by atoms with E-state index >= 15 is 0 Å². The van der Waals surface area contributed by atoms with Crippen LogP contribution in [0.1, 0.15) is 22.7 Å². The van der Waals surface area contributed by atoms with Gasteiger partial charge < -0.3 is 0 Å². The van der Waals surface area contributed by atoms with Gasteiger partial charge in [-0.05, 0) is 30.2 Å². The van der Waals surface area contributed by atoms with E-state index in [1.807, 2.05) is 54.6 Å². The molecule has 0 saturated carbocycles. The maximum absolute atomic E-state index is 13.6. The molecule has 4 rings (SSSR count). The summed E-state index contributed by atoms with van der Waals surface area (Å²) in [5, 5.41) is 0. The molecule has 30 heavy (non-hydrogen) atoms. The highest BCUT2D eigenvalue weighted by Crippen LogP contribution is 2.41. The van der Waals surface area contributed by atoms with Gasteiger partial charge in [0.05, 0.1) is 23.2 Å². The van der Waals surface area contributed by atoms with E-state index in [0.717, 1.165) is 15.4 Å². The van der Waals surface area contributed by atoms with Gasteiger partial charge in [-0.3, -0.25) is 4.90 Å². The van der Waals surface area contributed by atoms with Crippen LogP contribution in [0.25, 0.3) is 0 Å². The highest BCUT2D eigenvalue weighted by atomic mass is 32.2. The van der Waals surface area contributed by atoms with E-state index in [2.05, 4.69) is 6.58 Å². The Kier molecular flexibility index (Phi) is 5.18. The summed E-state index contributed by atoms with van der Waals surface area (Å²) < 4.78 is 28.2. The van der Waals surface area contributed by atoms with Crippen LogP contribution >= 0.6 is 0 Å². The van der Waals surface area contributed by atoms with E-state index in [9.17, 15) is 13.2 Å². The van der Waals surface area contributed by atoms with Crippen molar-refractivity contribution in [1.29, 1.82) is 0 Å². The van der Waals surface area contributed by atoms with Gasteiger partial charge in [0, 0.05) is 5.56 Å². The van der Waals surface area contributed by atoms with Crippen LogP contribution in [-0.2, 0) is 16.6 Å². The molecule has 0 radical (unpaired) electrons. The van der Waals surface area contributed by atoms with Crippen LogP contribution in [0.4, 0.5) is 10.5 Å². The van der Waals surface area contributed by atoms with Crippen molar-refractivity contribution in [2.24, 2.45) is 0 Å². The van der Waals surface area contributed by atoms with E-state index in [1.54, 1.807) is 25.1 Å². The molecule has 1 atom stereocenters. The molecule has 0 saturated heterocycles. The molecule has 0 bridgehead atoms. The van der Waals surface area contributed by atoms with Gasteiger partial charge in [0.15, 0.2) is 0 Å². The normalized spacial score (nSPS) is 16.3. The average molecular weight is 419 g/mol. The first-order valence-corrected chi connectivity index (χ1v) is 11.1. The Balaban J connectivity index is 1.88. The maximum atomic E-state index is 13.6. The topological polar surface area (TPSA) is 57.7 Å². The summed E-state index contributed by atoms with van der Waals surface area (Å²) in [6, 6.07) is 22.2. The van der Waals surface area contributed by atoms with Gasteiger partial charge in [-0.2, -0.15) is 0 Å². The first-order chi connectivity index (χ1) is 14.4. The predicted molar refractivity (Wildman–Crippen MR) is 118 cm³/mol. The van der Waals surface area contributed by atoms with Gasteiger partial charge in [-0.25, -0.2) is 17.5 Å². The van der Waals surface area contributed by atoms with Crippen molar-refractivity contribution < 1.29 is 13.2 Å². The van der Waals surface area contributed by atoms with Crippen molar-refractivity contribution in [1.82, 2.24) is 4.31 Å². The van der Waals surface area contributed by atoms with Crippen LogP contribution in [0.3, 0.4) is 0 Å². The van der Waals surface area contributed by atoms with Crippen molar-refractivity contribution in [2.75, 3.05) is 4.90 Å². The summed E-state index contributed by atoms with van der Waals surface area (Å²) in [5.74, 6) is 0. The van der Waals surface area contributed by atoms with Crippen molar-refractivity contribution >= 4 is 21.7 Å². The molecule has 1 heterocycles. The quantitative estimate of drug-likeness (QED) is 0.545. The lowest BCUT2D eigenvalue weighted by Gasteiger charge is -2.40. The van der Waals surface area contributed by atoms with Crippen molar-refractivity contribution in [3.8, 4) is 0 Å². The minimum atomic E-state index is -4.10. The fourth-order valence-electron chi connectivity index (χ4n) is 3.80. The summed E-state index contributed by atoms with van der Waals surface area (Å²) in [6.45, 7) is 5.82. The predicted octanol–water partition coefficient (Wildman–Crippen LogP) is 5.05. The molecule has 0 spiro atoms. The number of aryl methyl sites for hydroxylation is 1. The van der Waals surface area contributed by atoms with Gasteiger partial charge in [-0.1, -0.05) is 72.8 Å². The largest absolute Gasteiger partial charge is 0.339 e. The third-order valence-corrected chi connectivity index (χ3v) is 7.17. The molecule has 0 unspecified atom stereocenters. The van der Waals surface area contributed by atoms with Crippen molar-refractivity contribution in [3.05, 3.63) is 108 Å². The number of nitrogens with zero attached hydrogens (tertiary/aromatic N) is 2. The number of anilines is 1. The number of carbonyl (C=O) groups excluding carboxylic acids is 1. The highest BCUT2D eigenvalue weighted by molar-refractivity contribution is 7.89. The number of benzene rings is 3. The molecule has 6 heteroatoms. The standard InChI is InChI=1S/C24H22N2O3S/c1-3-21-20-14-8-9-15-22(20)25(17-19-12-5-4-6-13-19)24(27)26(21)30(28,29)23-16-10-7-11-18(23)2/h3-16,21H,1,17H2,2H3/t21-/m0/s1. The Morgan fingerprint density at radius 1 is 0.933 bits per heavy atom. The lowest BCUT2D eigenvalue weighted by molar-refractivity contribution is 0.220. The molecule has 1 aliphatic heterocycles. The van der Waals surface area contributed by atoms with Crippen LogP contribution in [0.5, 0.6) is 0 Å². The Morgan fingerprint density at radius 3 is 2.27 bits per heavy atom. The number of rotatable bonds is 5. The third kappa shape index (κ3) is 3.29. The number of urea groups is 1. The number of hydrogen-bond acceptors (Lipinski definition) is 3. The lowest BCUT2D eigenvalue weighted by Crippen LogP contribution is -2.51. The molecule has 3 aromatic rings. The first kappa shape index (κ1) is 19.9. The fraction of sp³-hybridized carbons (Fsp3) is 0.125. The van der Waals surface area contributed by atoms with Crippen LogP contribution < -0.4 is 4.90 Å². The molecule has 2 amide bonds. The number of amides is 2. The number of hydrogen-bond donors (Lipinski definition) is 0. The Morgan fingerprint density at radius 2 is 1.57 bits per heavy atom. The maximum Gasteiger partial charge on any atom is 0.339 e. The second kappa shape index (κ2) is 7.80. The fourth-order valence-corrected chi connectivity index (χ4v) is 5.54. The van der Waals surface area contributed by atoms with Gasteiger partial charge in [0.1, 0.15) is 0 Å². The Labute approximate surface area is 176 Å². The van der Waals surface area contributed by atoms with E-state index in [-0.39, 0.29) is 11.4 Å². The van der Waals surface area contributed by atoms with Crippen molar-refractivity contribution in [2.45, 2.75) is 24.4 Å². The SMILES string of the molecule is C=C[C@H]1c2ccccc2N(Cc2ccccc2)C(=O)N1S(=O)(=O)c1ccccc1C. The monoisotopic (exact) mass is 418 g/mol. The zero-order valence-electron chi connectivity index (χ0n) is 16.6. The number of fused-ring (bicyclic) bond motifs is 1. The van der Waals surface area contributed by atoms with Gasteiger partial charge in [-0.15, -0.1) is 6.58 Å². The summed E-state index contributed by atoms with van der Waals surface area (Å²) in [5.41, 5.74) is 2.90. The van der Waals surface area contributed by atoms with Crippen LogP contribution in [0.2, 0.25) is 0 Å². The number of para-hydroxylation sites is 1. The van der Waals surface area contributed by atoms with Crippen LogP contribution in [0, 0.1) is 6.92 Å². The minimum Gasteiger partial charge on any atom is -0.289 e. The number of carbonyl (C=O) groups is 1. The molecule has 0 aliphatic carbocycles. The lowest BCUT2D eigenvalue weighted by atomic mass is 10.0. The van der Waals surface area contributed by atoms with E-state index in [4.69, 9.17) is 0 Å². The molecule has 152 valence electrons. The summed E-state index contributed by atoms with van der Waals surface area (Å²) in [7, 11) is -4.10. The Bertz CT molecular complexity index is 1210. The van der Waals surface area contributed by atoms with E-state index in [0.29, 0.717) is 11.3 Å². The van der Waals surface area contributed by atoms with Gasteiger partial charge in [0.2, 0.25) is 0 Å². The van der Waals surface area contributed by atoms with Crippen molar-refractivity contribution in [3.63, 3.8) is 0 Å². The average Bonchev–Trinajstić information content (AvgIpc) is 2.76. The summed E-state index contributed by atoms with van der Waals surface area (Å²) in [6.07, 6.45) is 1.51. The zero-order valence-corrected chi connectivity index (χ0v) is 17.4. The van der Waals surface area contributed by atoms with Crippen LogP contribution in [0.15, 0.2) is 96.4 Å². The molecule has 1 aliphatic rings. The van der Waals surface area contributed by atoms with Gasteiger partial charge in [0.25, 0.3) is 10.0 Å². The molecular formula is C24H22N2O3S. The summed E-state index contributed by atoms with van der Waals surface area (Å²) >= 11 is 0. The Hall–Kier alpha value is -3.38. The van der Waals surface area contributed by atoms with E-state index in [1.165, 1.54) is 17.0 Å². The molecule has 0 aromatic heterocycles. The van der Waals surface area contributed by atoms with E-state index < -0.39 is 22.1 Å². The molecule has 0 fully saturated rings. The second-order valence-electron chi connectivity index (χ2n) is 7.16. The van der Waals surface area contributed by atoms with Crippen LogP contribution in [-0.4, -0.2) is 18.8 Å². The summed E-state index contributed by atoms with van der Waals surface area (Å²) in [4.78, 5) is 15.2. The molecule has 5 nitrogen and oxygen atoms in total. The highest BCUT2D eigenvalue weighted by Gasteiger charge is 2.43. The smallest absolute Gasteiger partial charge is 0.289 e. The number of sulfonamides is 1. The molecule has 3 aromatic carbocycles. The van der Waals surface area contributed by atoms with Gasteiger partial charge >= 0.3 is 6.03 Å². The third-order valence-electron chi connectivity index (χ3n) is 5.26. The first-order valence-electron chi connectivity index (χ1n) is 9.62. The zero-order chi connectivity index (χ0) is 21.3. The second-order valence-corrected chi connectivity index (χ2v) is 8.94.